The molecule has 33 heavy (non-hydrogen) atoms. The summed E-state index contributed by atoms with van der Waals surface area (Å²) in [5.41, 5.74) is 3.21. The summed E-state index contributed by atoms with van der Waals surface area (Å²) in [6.45, 7) is 1.49. The molecule has 1 saturated carbocycles. The molecule has 1 atom stereocenters. The Labute approximate surface area is 193 Å². The lowest BCUT2D eigenvalue weighted by atomic mass is 9.68. The molecule has 2 aromatic carbocycles. The van der Waals surface area contributed by atoms with Gasteiger partial charge in [0.25, 0.3) is 5.91 Å². The van der Waals surface area contributed by atoms with Crippen molar-refractivity contribution in [2.75, 3.05) is 13.1 Å². The standard InChI is InChI=1S/C27H28FN3O2/c28-24-14-20(19-3-4-23-21(13-19)7-10-30-26(23)33)1-2-22(24)11-18(15-29)12-25(32)27-8-5-17(6-9-27)16-31-27/h1-4,13-14,17-18,31H,5-12,16H2,(H,30,33)/t17?,18-,27?/m1/s1. The van der Waals surface area contributed by atoms with Gasteiger partial charge in [-0.05, 0) is 85.4 Å². The molecule has 3 fully saturated rings. The second-order valence-corrected chi connectivity index (χ2v) is 9.75. The van der Waals surface area contributed by atoms with Gasteiger partial charge in [-0.2, -0.15) is 5.26 Å². The number of nitrogens with zero attached hydrogens (tertiary/aromatic N) is 1. The number of hydrogen-bond acceptors (Lipinski definition) is 4. The van der Waals surface area contributed by atoms with Gasteiger partial charge in [-0.1, -0.05) is 24.3 Å². The van der Waals surface area contributed by atoms with Crippen LogP contribution in [0.3, 0.4) is 0 Å². The zero-order chi connectivity index (χ0) is 23.0. The largest absolute Gasteiger partial charge is 0.352 e. The predicted molar refractivity (Wildman–Crippen MR) is 123 cm³/mol. The summed E-state index contributed by atoms with van der Waals surface area (Å²) < 4.78 is 15.0. The fraction of sp³-hybridized carbons (Fsp3) is 0.444. The van der Waals surface area contributed by atoms with E-state index in [1.54, 1.807) is 12.1 Å². The summed E-state index contributed by atoms with van der Waals surface area (Å²) in [5, 5.41) is 15.9. The Morgan fingerprint density at radius 1 is 1.18 bits per heavy atom. The maximum Gasteiger partial charge on any atom is 0.251 e. The lowest BCUT2D eigenvalue weighted by Crippen LogP contribution is -2.60. The number of ketones is 1. The number of hydrogen-bond donors (Lipinski definition) is 2. The number of rotatable bonds is 6. The quantitative estimate of drug-likeness (QED) is 0.705. The minimum Gasteiger partial charge on any atom is -0.352 e. The first-order valence-electron chi connectivity index (χ1n) is 11.9. The fourth-order valence-electron chi connectivity index (χ4n) is 5.62. The molecule has 2 N–H and O–H groups in total. The summed E-state index contributed by atoms with van der Waals surface area (Å²) in [5.74, 6) is -0.216. The van der Waals surface area contributed by atoms with Crippen LogP contribution in [0.25, 0.3) is 11.1 Å². The number of piperidine rings is 2. The lowest BCUT2D eigenvalue weighted by Gasteiger charge is -2.46. The van der Waals surface area contributed by atoms with Crippen molar-refractivity contribution in [3.63, 3.8) is 0 Å². The first-order valence-corrected chi connectivity index (χ1v) is 11.9. The Morgan fingerprint density at radius 2 is 1.94 bits per heavy atom. The number of nitriles is 1. The molecule has 170 valence electrons. The highest BCUT2D eigenvalue weighted by Gasteiger charge is 2.45. The monoisotopic (exact) mass is 445 g/mol. The van der Waals surface area contributed by atoms with Gasteiger partial charge in [0, 0.05) is 18.5 Å². The average Bonchev–Trinajstić information content (AvgIpc) is 2.85. The van der Waals surface area contributed by atoms with Crippen LogP contribution in [0.2, 0.25) is 0 Å². The van der Waals surface area contributed by atoms with Gasteiger partial charge in [-0.25, -0.2) is 4.39 Å². The Kier molecular flexibility index (Phi) is 5.76. The molecular formula is C27H28FN3O2. The summed E-state index contributed by atoms with van der Waals surface area (Å²) >= 11 is 0. The molecule has 3 heterocycles. The predicted octanol–water partition coefficient (Wildman–Crippen LogP) is 3.95. The molecular weight excluding hydrogens is 417 g/mol. The van der Waals surface area contributed by atoms with Crippen molar-refractivity contribution in [2.24, 2.45) is 11.8 Å². The molecule has 0 radical (unpaired) electrons. The van der Waals surface area contributed by atoms with Gasteiger partial charge >= 0.3 is 0 Å². The van der Waals surface area contributed by atoms with Crippen molar-refractivity contribution < 1.29 is 14.0 Å². The Morgan fingerprint density at radius 3 is 2.64 bits per heavy atom. The van der Waals surface area contributed by atoms with Crippen molar-refractivity contribution in [1.29, 1.82) is 5.26 Å². The molecule has 2 aromatic rings. The van der Waals surface area contributed by atoms with Crippen molar-refractivity contribution >= 4 is 11.7 Å². The SMILES string of the molecule is N#C[C@@H](CC(=O)C12CCC(CC1)CN2)Cc1ccc(-c2ccc3c(c2)CCNC3=O)cc1F. The fourth-order valence-corrected chi connectivity index (χ4v) is 5.62. The lowest BCUT2D eigenvalue weighted by molar-refractivity contribution is -0.129. The van der Waals surface area contributed by atoms with Gasteiger partial charge in [-0.3, -0.25) is 9.59 Å². The molecule has 2 saturated heterocycles. The van der Waals surface area contributed by atoms with Crippen molar-refractivity contribution in [1.82, 2.24) is 10.6 Å². The van der Waals surface area contributed by atoms with Crippen LogP contribution in [0.15, 0.2) is 36.4 Å². The molecule has 1 amide bonds. The third-order valence-corrected chi connectivity index (χ3v) is 7.72. The minimum absolute atomic E-state index is 0.0718. The molecule has 1 aliphatic carbocycles. The van der Waals surface area contributed by atoms with Crippen LogP contribution in [0, 0.1) is 29.0 Å². The van der Waals surface area contributed by atoms with E-state index in [1.807, 2.05) is 18.2 Å². The molecule has 0 spiro atoms. The Balaban J connectivity index is 1.29. The van der Waals surface area contributed by atoms with Crippen LogP contribution in [0.4, 0.5) is 4.39 Å². The zero-order valence-electron chi connectivity index (χ0n) is 18.6. The van der Waals surface area contributed by atoms with Gasteiger partial charge in [0.2, 0.25) is 0 Å². The normalized spacial score (nSPS) is 24.5. The molecule has 3 aliphatic heterocycles. The van der Waals surface area contributed by atoms with Crippen LogP contribution < -0.4 is 10.6 Å². The highest BCUT2D eigenvalue weighted by Crippen LogP contribution is 2.38. The van der Waals surface area contributed by atoms with Gasteiger partial charge in [-0.15, -0.1) is 0 Å². The van der Waals surface area contributed by atoms with E-state index < -0.39 is 11.5 Å². The maximum absolute atomic E-state index is 15.0. The van der Waals surface area contributed by atoms with E-state index in [0.29, 0.717) is 23.6 Å². The van der Waals surface area contributed by atoms with Crippen LogP contribution >= 0.6 is 0 Å². The number of benzene rings is 2. The smallest absolute Gasteiger partial charge is 0.251 e. The second kappa shape index (κ2) is 8.72. The molecule has 2 bridgehead atoms. The number of amides is 1. The number of carbonyl (C=O) groups is 2. The highest BCUT2D eigenvalue weighted by molar-refractivity contribution is 5.97. The maximum atomic E-state index is 15.0. The number of nitrogens with one attached hydrogen (secondary N) is 2. The summed E-state index contributed by atoms with van der Waals surface area (Å²) in [7, 11) is 0. The molecule has 0 unspecified atom stereocenters. The van der Waals surface area contributed by atoms with Gasteiger partial charge in [0.15, 0.2) is 5.78 Å². The second-order valence-electron chi connectivity index (χ2n) is 9.75. The van der Waals surface area contributed by atoms with Crippen molar-refractivity contribution in [3.05, 3.63) is 58.9 Å². The molecule has 6 rings (SSSR count). The van der Waals surface area contributed by atoms with Crippen LogP contribution in [0.5, 0.6) is 0 Å². The van der Waals surface area contributed by atoms with Crippen LogP contribution in [-0.4, -0.2) is 30.3 Å². The first kappa shape index (κ1) is 21.8. The van der Waals surface area contributed by atoms with Crippen molar-refractivity contribution in [3.8, 4) is 17.2 Å². The van der Waals surface area contributed by atoms with E-state index in [9.17, 15) is 14.9 Å². The summed E-state index contributed by atoms with van der Waals surface area (Å²) in [4.78, 5) is 25.0. The Bertz CT molecular complexity index is 1130. The summed E-state index contributed by atoms with van der Waals surface area (Å²) in [6.07, 6.45) is 4.96. The topological polar surface area (TPSA) is 82.0 Å². The van der Waals surface area contributed by atoms with E-state index >= 15 is 4.39 Å². The molecule has 4 aliphatic rings. The van der Waals surface area contributed by atoms with Crippen molar-refractivity contribution in [2.45, 2.75) is 50.5 Å². The first-order chi connectivity index (χ1) is 16.0. The zero-order valence-corrected chi connectivity index (χ0v) is 18.6. The highest BCUT2D eigenvalue weighted by atomic mass is 19.1. The Hall–Kier alpha value is -3.04. The van der Waals surface area contributed by atoms with E-state index in [-0.39, 0.29) is 30.3 Å². The van der Waals surface area contributed by atoms with Crippen LogP contribution in [0.1, 0.15) is 53.6 Å². The minimum atomic E-state index is -0.545. The third kappa shape index (κ3) is 4.18. The van der Waals surface area contributed by atoms with Crippen LogP contribution in [-0.2, 0) is 17.6 Å². The summed E-state index contributed by atoms with van der Waals surface area (Å²) in [6, 6.07) is 12.9. The molecule has 6 heteroatoms. The number of fused-ring (bicyclic) bond motifs is 4. The number of halogens is 1. The third-order valence-electron chi connectivity index (χ3n) is 7.72. The van der Waals surface area contributed by atoms with Gasteiger partial charge in [0.05, 0.1) is 17.5 Å². The van der Waals surface area contributed by atoms with E-state index in [4.69, 9.17) is 0 Å². The van der Waals surface area contributed by atoms with E-state index in [2.05, 4.69) is 16.7 Å². The van der Waals surface area contributed by atoms with E-state index in [1.165, 1.54) is 6.07 Å². The van der Waals surface area contributed by atoms with Gasteiger partial charge < -0.3 is 10.6 Å². The molecule has 0 aromatic heterocycles. The number of Topliss-reactive ketones (excluding diaryl/α,β-unsaturated/α-hetero) is 1. The van der Waals surface area contributed by atoms with E-state index in [0.717, 1.165) is 55.3 Å². The molecule has 5 nitrogen and oxygen atoms in total. The number of carbonyl (C=O) groups excluding carboxylic acids is 2. The average molecular weight is 446 g/mol. The van der Waals surface area contributed by atoms with Gasteiger partial charge in [0.1, 0.15) is 5.82 Å².